The molecule has 6 heteroatoms. The summed E-state index contributed by atoms with van der Waals surface area (Å²) < 4.78 is 5.08. The molecule has 0 fully saturated rings. The summed E-state index contributed by atoms with van der Waals surface area (Å²) in [4.78, 5) is 13.0. The van der Waals surface area contributed by atoms with Gasteiger partial charge >= 0.3 is 6.09 Å². The standard InChI is InChI=1S/C12H17N3O2S/c1-2-3-8-17-12(16)15(11(14)18)10-7-5-4-6-9(10)13/h4-7H,2-3,8,13H2,1H3,(H2,14,18). The van der Waals surface area contributed by atoms with Gasteiger partial charge < -0.3 is 16.2 Å². The minimum absolute atomic E-state index is 0.0885. The summed E-state index contributed by atoms with van der Waals surface area (Å²) in [7, 11) is 0. The number of nitrogens with two attached hydrogens (primary N) is 2. The third-order valence-corrected chi connectivity index (χ3v) is 2.49. The van der Waals surface area contributed by atoms with Gasteiger partial charge in [0.25, 0.3) is 0 Å². The number of thiocarbonyl (C=S) groups is 1. The molecule has 0 heterocycles. The molecule has 1 amide bonds. The van der Waals surface area contributed by atoms with Crippen molar-refractivity contribution >= 4 is 34.8 Å². The van der Waals surface area contributed by atoms with E-state index >= 15 is 0 Å². The van der Waals surface area contributed by atoms with Crippen LogP contribution in [0.2, 0.25) is 0 Å². The monoisotopic (exact) mass is 267 g/mol. The van der Waals surface area contributed by atoms with Crippen LogP contribution in [0.5, 0.6) is 0 Å². The maximum atomic E-state index is 11.9. The number of para-hydroxylation sites is 2. The van der Waals surface area contributed by atoms with Gasteiger partial charge in [0, 0.05) is 0 Å². The first-order valence-corrected chi connectivity index (χ1v) is 6.09. The van der Waals surface area contributed by atoms with Gasteiger partial charge in [0.15, 0.2) is 5.11 Å². The number of hydrogen-bond acceptors (Lipinski definition) is 4. The number of amides is 1. The number of nitrogens with zero attached hydrogens (tertiary/aromatic N) is 1. The molecule has 0 radical (unpaired) electrons. The average Bonchev–Trinajstić information content (AvgIpc) is 2.32. The van der Waals surface area contributed by atoms with Crippen LogP contribution < -0.4 is 16.4 Å². The number of nitrogen functional groups attached to an aromatic ring is 1. The molecule has 0 atom stereocenters. The Balaban J connectivity index is 2.87. The fourth-order valence-corrected chi connectivity index (χ4v) is 1.54. The zero-order valence-electron chi connectivity index (χ0n) is 10.3. The second-order valence-corrected chi connectivity index (χ2v) is 4.12. The highest BCUT2D eigenvalue weighted by atomic mass is 32.1. The lowest BCUT2D eigenvalue weighted by Crippen LogP contribution is -2.41. The third kappa shape index (κ3) is 3.59. The van der Waals surface area contributed by atoms with Crippen molar-refractivity contribution in [1.82, 2.24) is 0 Å². The van der Waals surface area contributed by atoms with E-state index in [0.29, 0.717) is 18.0 Å². The van der Waals surface area contributed by atoms with E-state index in [9.17, 15) is 4.79 Å². The van der Waals surface area contributed by atoms with Crippen LogP contribution in [0.15, 0.2) is 24.3 Å². The summed E-state index contributed by atoms with van der Waals surface area (Å²) in [5, 5.41) is -0.0885. The van der Waals surface area contributed by atoms with Gasteiger partial charge in [-0.25, -0.2) is 9.69 Å². The van der Waals surface area contributed by atoms with Crippen molar-refractivity contribution in [2.24, 2.45) is 5.73 Å². The molecule has 0 saturated heterocycles. The number of unbranched alkanes of at least 4 members (excludes halogenated alkanes) is 1. The fraction of sp³-hybridized carbons (Fsp3) is 0.333. The summed E-state index contributed by atoms with van der Waals surface area (Å²) in [6.45, 7) is 2.34. The molecule has 0 aliphatic heterocycles. The molecule has 98 valence electrons. The van der Waals surface area contributed by atoms with Crippen LogP contribution in [0.4, 0.5) is 16.2 Å². The predicted molar refractivity (Wildman–Crippen MR) is 76.4 cm³/mol. The molecular weight excluding hydrogens is 250 g/mol. The number of carbonyl (C=O) groups excluding carboxylic acids is 1. The summed E-state index contributed by atoms with van der Waals surface area (Å²) in [6, 6.07) is 6.84. The van der Waals surface area contributed by atoms with Crippen LogP contribution in [-0.4, -0.2) is 17.8 Å². The first kappa shape index (κ1) is 14.2. The fourth-order valence-electron chi connectivity index (χ4n) is 1.37. The molecule has 0 aliphatic carbocycles. The molecule has 1 rings (SSSR count). The van der Waals surface area contributed by atoms with Crippen molar-refractivity contribution in [3.05, 3.63) is 24.3 Å². The van der Waals surface area contributed by atoms with Gasteiger partial charge in [-0.3, -0.25) is 0 Å². The quantitative estimate of drug-likeness (QED) is 0.497. The topological polar surface area (TPSA) is 81.6 Å². The number of ether oxygens (including phenoxy) is 1. The molecule has 1 aromatic carbocycles. The molecule has 0 spiro atoms. The van der Waals surface area contributed by atoms with E-state index in [-0.39, 0.29) is 5.11 Å². The largest absolute Gasteiger partial charge is 0.449 e. The number of carbonyl (C=O) groups is 1. The Morgan fingerprint density at radius 1 is 1.44 bits per heavy atom. The normalized spacial score (nSPS) is 9.83. The van der Waals surface area contributed by atoms with Crippen LogP contribution in [0, 0.1) is 0 Å². The highest BCUT2D eigenvalue weighted by Gasteiger charge is 2.21. The molecule has 0 aromatic heterocycles. The zero-order chi connectivity index (χ0) is 13.5. The van der Waals surface area contributed by atoms with Gasteiger partial charge in [0.1, 0.15) is 0 Å². The summed E-state index contributed by atoms with van der Waals surface area (Å²) >= 11 is 4.86. The molecule has 4 N–H and O–H groups in total. The van der Waals surface area contributed by atoms with Crippen LogP contribution in [0.3, 0.4) is 0 Å². The Hall–Kier alpha value is -1.82. The van der Waals surface area contributed by atoms with Gasteiger partial charge in [-0.2, -0.15) is 0 Å². The van der Waals surface area contributed by atoms with E-state index in [0.717, 1.165) is 17.7 Å². The van der Waals surface area contributed by atoms with Crippen molar-refractivity contribution in [2.75, 3.05) is 17.2 Å². The SMILES string of the molecule is CCCCOC(=O)N(C(N)=S)c1ccccc1N. The predicted octanol–water partition coefficient (Wildman–Crippen LogP) is 2.26. The van der Waals surface area contributed by atoms with Crippen molar-refractivity contribution < 1.29 is 9.53 Å². The summed E-state index contributed by atoms with van der Waals surface area (Å²) in [5.41, 5.74) is 12.2. The maximum Gasteiger partial charge on any atom is 0.420 e. The Morgan fingerprint density at radius 2 is 2.11 bits per heavy atom. The van der Waals surface area contributed by atoms with Crippen molar-refractivity contribution in [3.8, 4) is 0 Å². The minimum atomic E-state index is -0.603. The Labute approximate surface area is 112 Å². The maximum absolute atomic E-state index is 11.9. The van der Waals surface area contributed by atoms with E-state index in [4.69, 9.17) is 28.4 Å². The zero-order valence-corrected chi connectivity index (χ0v) is 11.1. The molecule has 18 heavy (non-hydrogen) atoms. The van der Waals surface area contributed by atoms with Crippen molar-refractivity contribution in [2.45, 2.75) is 19.8 Å². The second-order valence-electron chi connectivity index (χ2n) is 3.70. The number of benzene rings is 1. The molecular formula is C12H17N3O2S. The van der Waals surface area contributed by atoms with Crippen LogP contribution in [0.1, 0.15) is 19.8 Å². The van der Waals surface area contributed by atoms with Gasteiger partial charge in [0.2, 0.25) is 0 Å². The molecule has 0 unspecified atom stereocenters. The molecule has 1 aromatic rings. The second kappa shape index (κ2) is 6.80. The van der Waals surface area contributed by atoms with E-state index in [1.54, 1.807) is 24.3 Å². The third-order valence-electron chi connectivity index (χ3n) is 2.30. The number of hydrogen-bond donors (Lipinski definition) is 2. The Kier molecular flexibility index (Phi) is 5.38. The highest BCUT2D eigenvalue weighted by Crippen LogP contribution is 2.23. The highest BCUT2D eigenvalue weighted by molar-refractivity contribution is 7.80. The van der Waals surface area contributed by atoms with E-state index < -0.39 is 6.09 Å². The summed E-state index contributed by atoms with van der Waals surface area (Å²) in [5.74, 6) is 0. The van der Waals surface area contributed by atoms with Crippen molar-refractivity contribution in [3.63, 3.8) is 0 Å². The number of rotatable bonds is 4. The first-order chi connectivity index (χ1) is 8.57. The van der Waals surface area contributed by atoms with Gasteiger partial charge in [0.05, 0.1) is 18.0 Å². The Bertz CT molecular complexity index is 437. The van der Waals surface area contributed by atoms with Gasteiger partial charge in [-0.05, 0) is 30.8 Å². The summed E-state index contributed by atoms with van der Waals surface area (Å²) in [6.07, 6.45) is 1.13. The lowest BCUT2D eigenvalue weighted by Gasteiger charge is -2.21. The molecule has 0 aliphatic rings. The molecule has 0 saturated carbocycles. The lowest BCUT2D eigenvalue weighted by atomic mass is 10.2. The lowest BCUT2D eigenvalue weighted by molar-refractivity contribution is 0.155. The van der Waals surface area contributed by atoms with Gasteiger partial charge in [-0.1, -0.05) is 25.5 Å². The smallest absolute Gasteiger partial charge is 0.420 e. The van der Waals surface area contributed by atoms with Crippen molar-refractivity contribution in [1.29, 1.82) is 0 Å². The van der Waals surface area contributed by atoms with E-state index in [2.05, 4.69) is 0 Å². The minimum Gasteiger partial charge on any atom is -0.449 e. The first-order valence-electron chi connectivity index (χ1n) is 5.68. The van der Waals surface area contributed by atoms with E-state index in [1.165, 1.54) is 0 Å². The van der Waals surface area contributed by atoms with Crippen LogP contribution >= 0.6 is 12.2 Å². The van der Waals surface area contributed by atoms with Crippen LogP contribution in [-0.2, 0) is 4.74 Å². The number of anilines is 2. The average molecular weight is 267 g/mol. The van der Waals surface area contributed by atoms with Gasteiger partial charge in [-0.15, -0.1) is 0 Å². The molecule has 0 bridgehead atoms. The van der Waals surface area contributed by atoms with Crippen LogP contribution in [0.25, 0.3) is 0 Å². The Morgan fingerprint density at radius 3 is 2.67 bits per heavy atom. The molecule has 5 nitrogen and oxygen atoms in total. The van der Waals surface area contributed by atoms with E-state index in [1.807, 2.05) is 6.92 Å².